The number of carbonyl (C=O) groups excluding carboxylic acids is 1. The fourth-order valence-corrected chi connectivity index (χ4v) is 5.84. The zero-order chi connectivity index (χ0) is 20.9. The van der Waals surface area contributed by atoms with E-state index in [0.717, 1.165) is 45.2 Å². The van der Waals surface area contributed by atoms with Crippen LogP contribution in [0.3, 0.4) is 0 Å². The summed E-state index contributed by atoms with van der Waals surface area (Å²) in [6, 6.07) is 6.43. The highest BCUT2D eigenvalue weighted by Crippen LogP contribution is 2.26. The number of rotatable bonds is 7. The van der Waals surface area contributed by atoms with Crippen LogP contribution in [0.25, 0.3) is 0 Å². The molecule has 0 bridgehead atoms. The van der Waals surface area contributed by atoms with Gasteiger partial charge in [-0.25, -0.2) is 8.42 Å². The summed E-state index contributed by atoms with van der Waals surface area (Å²) in [5.74, 6) is 0.539. The molecule has 1 aliphatic heterocycles. The van der Waals surface area contributed by atoms with Gasteiger partial charge < -0.3 is 10.2 Å². The van der Waals surface area contributed by atoms with Gasteiger partial charge in [0.25, 0.3) is 5.91 Å². The first-order valence-corrected chi connectivity index (χ1v) is 12.4. The summed E-state index contributed by atoms with van der Waals surface area (Å²) in [4.78, 5) is 15.0. The maximum Gasteiger partial charge on any atom is 0.251 e. The predicted octanol–water partition coefficient (Wildman–Crippen LogP) is 3.10. The number of hydrogen-bond acceptors (Lipinski definition) is 4. The van der Waals surface area contributed by atoms with Gasteiger partial charge in [0.15, 0.2) is 0 Å². The van der Waals surface area contributed by atoms with Crippen molar-refractivity contribution in [3.63, 3.8) is 0 Å². The highest BCUT2D eigenvalue weighted by molar-refractivity contribution is 7.89. The van der Waals surface area contributed by atoms with Crippen molar-refractivity contribution in [2.24, 2.45) is 5.92 Å². The molecule has 1 amide bonds. The Bertz CT molecular complexity index is 765. The third-order valence-electron chi connectivity index (χ3n) is 6.56. The molecule has 1 N–H and O–H groups in total. The fourth-order valence-electron chi connectivity index (χ4n) is 4.43. The van der Waals surface area contributed by atoms with Crippen LogP contribution in [0, 0.1) is 5.92 Å². The van der Waals surface area contributed by atoms with Crippen molar-refractivity contribution in [2.75, 3.05) is 33.7 Å². The molecule has 0 spiro atoms. The van der Waals surface area contributed by atoms with Gasteiger partial charge in [-0.2, -0.15) is 4.31 Å². The Morgan fingerprint density at radius 3 is 2.31 bits per heavy atom. The highest BCUT2D eigenvalue weighted by Gasteiger charge is 2.29. The molecule has 1 aromatic carbocycles. The van der Waals surface area contributed by atoms with Crippen LogP contribution in [0.5, 0.6) is 0 Å². The monoisotopic (exact) mass is 421 g/mol. The number of nitrogens with zero attached hydrogens (tertiary/aromatic N) is 2. The number of carbonyl (C=O) groups is 1. The number of amides is 1. The van der Waals surface area contributed by atoms with Gasteiger partial charge in [0.1, 0.15) is 0 Å². The van der Waals surface area contributed by atoms with Crippen molar-refractivity contribution in [2.45, 2.75) is 62.3 Å². The van der Waals surface area contributed by atoms with Crippen molar-refractivity contribution < 1.29 is 13.2 Å². The number of nitrogens with one attached hydrogen (secondary N) is 1. The van der Waals surface area contributed by atoms with Gasteiger partial charge in [0, 0.05) is 25.2 Å². The lowest BCUT2D eigenvalue weighted by atomic mass is 9.94. The Morgan fingerprint density at radius 1 is 1.07 bits per heavy atom. The first kappa shape index (κ1) is 22.2. The molecule has 7 heteroatoms. The lowest BCUT2D eigenvalue weighted by Gasteiger charge is -2.30. The van der Waals surface area contributed by atoms with Crippen molar-refractivity contribution >= 4 is 15.9 Å². The second-order valence-electron chi connectivity index (χ2n) is 8.63. The number of sulfonamides is 1. The van der Waals surface area contributed by atoms with Crippen LogP contribution in [0.2, 0.25) is 0 Å². The topological polar surface area (TPSA) is 69.7 Å². The Morgan fingerprint density at radius 2 is 1.69 bits per heavy atom. The van der Waals surface area contributed by atoms with Gasteiger partial charge in [-0.1, -0.05) is 19.3 Å². The van der Waals surface area contributed by atoms with Crippen molar-refractivity contribution in [1.29, 1.82) is 0 Å². The van der Waals surface area contributed by atoms with Gasteiger partial charge >= 0.3 is 0 Å². The molecule has 0 unspecified atom stereocenters. The molecule has 1 saturated heterocycles. The maximum absolute atomic E-state index is 12.9. The van der Waals surface area contributed by atoms with Crippen molar-refractivity contribution in [1.82, 2.24) is 14.5 Å². The van der Waals surface area contributed by atoms with E-state index >= 15 is 0 Å². The standard InChI is InChI=1S/C22H35N3O3S/c1-24-16-13-18(14-17-24)12-15-23-22(26)19-8-10-21(11-9-19)29(27,28)25(2)20-6-4-3-5-7-20/h8-11,18,20H,3-7,12-17H2,1-2H3,(H,23,26). The van der Waals surface area contributed by atoms with E-state index in [2.05, 4.69) is 17.3 Å². The zero-order valence-corrected chi connectivity index (χ0v) is 18.6. The number of likely N-dealkylation sites (tertiary alicyclic amines) is 1. The highest BCUT2D eigenvalue weighted by atomic mass is 32.2. The predicted molar refractivity (Wildman–Crippen MR) is 115 cm³/mol. The smallest absolute Gasteiger partial charge is 0.251 e. The minimum atomic E-state index is -3.52. The van der Waals surface area contributed by atoms with E-state index in [1.54, 1.807) is 31.3 Å². The van der Waals surface area contributed by atoms with Crippen LogP contribution in [-0.2, 0) is 10.0 Å². The maximum atomic E-state index is 12.9. The summed E-state index contributed by atoms with van der Waals surface area (Å²) < 4.78 is 27.3. The largest absolute Gasteiger partial charge is 0.352 e. The van der Waals surface area contributed by atoms with E-state index in [9.17, 15) is 13.2 Å². The molecular formula is C22H35N3O3S. The molecule has 6 nitrogen and oxygen atoms in total. The number of benzene rings is 1. The average Bonchev–Trinajstić information content (AvgIpc) is 2.75. The Balaban J connectivity index is 1.52. The third kappa shape index (κ3) is 5.80. The second kappa shape index (κ2) is 10.0. The van der Waals surface area contributed by atoms with E-state index in [1.807, 2.05) is 0 Å². The van der Waals surface area contributed by atoms with Gasteiger partial charge in [-0.3, -0.25) is 4.79 Å². The molecule has 1 aliphatic carbocycles. The first-order chi connectivity index (χ1) is 13.9. The molecular weight excluding hydrogens is 386 g/mol. The van der Waals surface area contributed by atoms with Crippen molar-refractivity contribution in [3.8, 4) is 0 Å². The van der Waals surface area contributed by atoms with Crippen LogP contribution in [0.4, 0.5) is 0 Å². The lowest BCUT2D eigenvalue weighted by molar-refractivity contribution is 0.0949. The minimum absolute atomic E-state index is 0.0799. The summed E-state index contributed by atoms with van der Waals surface area (Å²) in [5, 5.41) is 2.98. The van der Waals surface area contributed by atoms with E-state index in [-0.39, 0.29) is 16.8 Å². The lowest BCUT2D eigenvalue weighted by Crippen LogP contribution is -2.38. The average molecular weight is 422 g/mol. The molecule has 1 saturated carbocycles. The van der Waals surface area contributed by atoms with E-state index in [1.165, 1.54) is 23.6 Å². The molecule has 0 atom stereocenters. The van der Waals surface area contributed by atoms with Crippen LogP contribution < -0.4 is 5.32 Å². The van der Waals surface area contributed by atoms with Gasteiger partial charge in [-0.15, -0.1) is 0 Å². The number of piperidine rings is 1. The molecule has 1 heterocycles. The van der Waals surface area contributed by atoms with Gasteiger partial charge in [0.2, 0.25) is 10.0 Å². The Labute approximate surface area is 175 Å². The third-order valence-corrected chi connectivity index (χ3v) is 8.48. The molecule has 2 aliphatic rings. The SMILES string of the molecule is CN1CCC(CCNC(=O)c2ccc(S(=O)(=O)N(C)C3CCCCC3)cc2)CC1. The molecule has 2 fully saturated rings. The second-order valence-corrected chi connectivity index (χ2v) is 10.6. The first-order valence-electron chi connectivity index (χ1n) is 10.9. The molecule has 29 heavy (non-hydrogen) atoms. The molecule has 3 rings (SSSR count). The molecule has 162 valence electrons. The Kier molecular flexibility index (Phi) is 7.71. The van der Waals surface area contributed by atoms with Crippen LogP contribution in [0.1, 0.15) is 61.7 Å². The van der Waals surface area contributed by atoms with Crippen LogP contribution >= 0.6 is 0 Å². The zero-order valence-electron chi connectivity index (χ0n) is 17.8. The minimum Gasteiger partial charge on any atom is -0.352 e. The van der Waals surface area contributed by atoms with Gasteiger partial charge in [-0.05, 0) is 82.4 Å². The van der Waals surface area contributed by atoms with E-state index in [0.29, 0.717) is 18.0 Å². The van der Waals surface area contributed by atoms with E-state index in [4.69, 9.17) is 0 Å². The number of hydrogen-bond donors (Lipinski definition) is 1. The molecule has 0 aromatic heterocycles. The quantitative estimate of drug-likeness (QED) is 0.734. The van der Waals surface area contributed by atoms with Gasteiger partial charge in [0.05, 0.1) is 4.90 Å². The summed E-state index contributed by atoms with van der Waals surface area (Å²) in [6.07, 6.45) is 8.58. The Hall–Kier alpha value is -1.44. The molecule has 1 aromatic rings. The summed E-state index contributed by atoms with van der Waals surface area (Å²) >= 11 is 0. The normalized spacial score (nSPS) is 20.1. The van der Waals surface area contributed by atoms with Crippen molar-refractivity contribution in [3.05, 3.63) is 29.8 Å². The summed E-state index contributed by atoms with van der Waals surface area (Å²) in [6.45, 7) is 2.92. The summed E-state index contributed by atoms with van der Waals surface area (Å²) in [7, 11) is 0.304. The van der Waals surface area contributed by atoms with Crippen LogP contribution in [-0.4, -0.2) is 63.3 Å². The fraction of sp³-hybridized carbons (Fsp3) is 0.682. The molecule has 0 radical (unpaired) electrons. The van der Waals surface area contributed by atoms with Crippen LogP contribution in [0.15, 0.2) is 29.2 Å². The summed E-state index contributed by atoms with van der Waals surface area (Å²) in [5.41, 5.74) is 0.507. The van der Waals surface area contributed by atoms with E-state index < -0.39 is 10.0 Å².